The molecule has 4 aliphatic rings. The van der Waals surface area contributed by atoms with Gasteiger partial charge in [-0.25, -0.2) is 9.59 Å². The normalized spacial score (nSPS) is 42.9. The van der Waals surface area contributed by atoms with Gasteiger partial charge < -0.3 is 14.6 Å². The number of rotatable bonds is 3. The summed E-state index contributed by atoms with van der Waals surface area (Å²) in [7, 11) is 0. The fourth-order valence-electron chi connectivity index (χ4n) is 5.77. The van der Waals surface area contributed by atoms with Crippen molar-refractivity contribution < 1.29 is 24.2 Å². The molecule has 25 heavy (non-hydrogen) atoms. The number of allylic oxidation sites excluding steroid dienone is 1. The van der Waals surface area contributed by atoms with Crippen LogP contribution in [0.25, 0.3) is 0 Å². The van der Waals surface area contributed by atoms with E-state index in [2.05, 4.69) is 13.8 Å². The zero-order valence-electron chi connectivity index (χ0n) is 14.9. The molecule has 0 aromatic carbocycles. The highest BCUT2D eigenvalue weighted by Crippen LogP contribution is 2.63. The first-order valence-corrected chi connectivity index (χ1v) is 9.29. The zero-order chi connectivity index (χ0) is 17.8. The molecule has 0 aromatic heterocycles. The average molecular weight is 346 g/mol. The summed E-state index contributed by atoms with van der Waals surface area (Å²) in [5, 5.41) is 10.8. The minimum Gasteiger partial charge on any atom is -0.461 e. The van der Waals surface area contributed by atoms with Crippen LogP contribution in [0.3, 0.4) is 0 Å². The number of ether oxygens (including phenoxy) is 2. The highest BCUT2D eigenvalue weighted by Gasteiger charge is 2.63. The summed E-state index contributed by atoms with van der Waals surface area (Å²) in [5.41, 5.74) is 1.36. The lowest BCUT2D eigenvalue weighted by Gasteiger charge is -2.58. The average Bonchev–Trinajstić information content (AvgIpc) is 3.15. The Hall–Kier alpha value is -1.62. The van der Waals surface area contributed by atoms with Gasteiger partial charge in [0.1, 0.15) is 13.2 Å². The Bertz CT molecular complexity index is 678. The molecular weight excluding hydrogens is 320 g/mol. The highest BCUT2D eigenvalue weighted by molar-refractivity contribution is 5.92. The largest absolute Gasteiger partial charge is 0.461 e. The number of hydrogen-bond acceptors (Lipinski definition) is 5. The van der Waals surface area contributed by atoms with Crippen LogP contribution in [0.4, 0.5) is 0 Å². The van der Waals surface area contributed by atoms with Gasteiger partial charge in [0, 0.05) is 17.1 Å². The van der Waals surface area contributed by atoms with Gasteiger partial charge in [-0.2, -0.15) is 0 Å². The molecule has 0 unspecified atom stereocenters. The van der Waals surface area contributed by atoms with Crippen molar-refractivity contribution in [1.82, 2.24) is 0 Å². The van der Waals surface area contributed by atoms with Crippen molar-refractivity contribution in [3.63, 3.8) is 0 Å². The number of aliphatic hydroxyl groups excluding tert-OH is 1. The van der Waals surface area contributed by atoms with Gasteiger partial charge in [-0.05, 0) is 54.9 Å². The molecule has 1 saturated heterocycles. The molecule has 2 aliphatic heterocycles. The van der Waals surface area contributed by atoms with E-state index in [0.29, 0.717) is 25.6 Å². The van der Waals surface area contributed by atoms with Crippen LogP contribution in [0.1, 0.15) is 46.0 Å². The predicted molar refractivity (Wildman–Crippen MR) is 90.4 cm³/mol. The number of carbonyl (C=O) groups excluding carboxylic acids is 2. The summed E-state index contributed by atoms with van der Waals surface area (Å²) in [5.74, 6) is -0.0161. The smallest absolute Gasteiger partial charge is 0.334 e. The van der Waals surface area contributed by atoms with Crippen molar-refractivity contribution in [2.24, 2.45) is 22.7 Å². The molecule has 0 radical (unpaired) electrons. The summed E-state index contributed by atoms with van der Waals surface area (Å²) in [4.78, 5) is 23.5. The van der Waals surface area contributed by atoms with Gasteiger partial charge in [-0.15, -0.1) is 0 Å². The number of esters is 2. The Balaban J connectivity index is 1.66. The second-order valence-corrected chi connectivity index (χ2v) is 8.46. The van der Waals surface area contributed by atoms with Crippen LogP contribution in [0.2, 0.25) is 0 Å². The Kier molecular flexibility index (Phi) is 3.83. The number of carbonyl (C=O) groups is 2. The van der Waals surface area contributed by atoms with E-state index in [1.54, 1.807) is 6.08 Å². The topological polar surface area (TPSA) is 72.8 Å². The van der Waals surface area contributed by atoms with E-state index in [1.807, 2.05) is 6.08 Å². The van der Waals surface area contributed by atoms with Crippen LogP contribution in [0, 0.1) is 22.7 Å². The first kappa shape index (κ1) is 16.8. The SMILES string of the molecule is C[C@@H]1[C@H](O)C[C@@]23COC(=O)C2=CCC[C@@H]3[C@@]1(C)CCC1=CC(=O)OC1. The molecule has 4 rings (SSSR count). The Labute approximate surface area is 148 Å². The molecule has 136 valence electrons. The highest BCUT2D eigenvalue weighted by atomic mass is 16.5. The Morgan fingerprint density at radius 1 is 1.32 bits per heavy atom. The zero-order valence-corrected chi connectivity index (χ0v) is 14.9. The molecule has 0 bridgehead atoms. The van der Waals surface area contributed by atoms with Crippen molar-refractivity contribution in [2.75, 3.05) is 13.2 Å². The maximum Gasteiger partial charge on any atom is 0.334 e. The van der Waals surface area contributed by atoms with Gasteiger partial charge in [-0.3, -0.25) is 0 Å². The van der Waals surface area contributed by atoms with Crippen molar-refractivity contribution in [3.8, 4) is 0 Å². The monoisotopic (exact) mass is 346 g/mol. The molecule has 2 heterocycles. The minimum atomic E-state index is -0.451. The van der Waals surface area contributed by atoms with Crippen LogP contribution < -0.4 is 0 Å². The molecular formula is C20H26O5. The Morgan fingerprint density at radius 3 is 2.84 bits per heavy atom. The van der Waals surface area contributed by atoms with Crippen molar-refractivity contribution in [3.05, 3.63) is 23.3 Å². The second kappa shape index (κ2) is 5.70. The number of hydrogen-bond donors (Lipinski definition) is 1. The minimum absolute atomic E-state index is 0.113. The lowest BCUT2D eigenvalue weighted by molar-refractivity contribution is -0.138. The molecule has 0 amide bonds. The third-order valence-electron chi connectivity index (χ3n) is 7.38. The molecule has 1 N–H and O–H groups in total. The standard InChI is InChI=1S/C20H26O5/c1-12-15(21)9-20-11-25-18(23)14(20)4-3-5-16(20)19(12,2)7-6-13-8-17(22)24-10-13/h4,8,12,15-16,21H,3,5-7,9-11H2,1-2H3/t12-,15-,16-,19+,20-/m1/s1. The summed E-state index contributed by atoms with van der Waals surface area (Å²) in [6.07, 6.45) is 7.35. The van der Waals surface area contributed by atoms with Gasteiger partial charge in [0.15, 0.2) is 0 Å². The van der Waals surface area contributed by atoms with E-state index < -0.39 is 6.10 Å². The van der Waals surface area contributed by atoms with E-state index in [1.165, 1.54) is 0 Å². The lowest BCUT2D eigenvalue weighted by Crippen LogP contribution is -2.56. The summed E-state index contributed by atoms with van der Waals surface area (Å²) < 4.78 is 10.5. The fraction of sp³-hybridized carbons (Fsp3) is 0.700. The molecule has 1 saturated carbocycles. The quantitative estimate of drug-likeness (QED) is 0.795. The molecule has 5 nitrogen and oxygen atoms in total. The van der Waals surface area contributed by atoms with Crippen LogP contribution in [0.15, 0.2) is 23.3 Å². The van der Waals surface area contributed by atoms with Gasteiger partial charge in [0.05, 0.1) is 6.10 Å². The molecule has 2 fully saturated rings. The fourth-order valence-corrected chi connectivity index (χ4v) is 5.77. The maximum atomic E-state index is 12.2. The van der Waals surface area contributed by atoms with E-state index in [9.17, 15) is 14.7 Å². The predicted octanol–water partition coefficient (Wildman–Crippen LogP) is 2.54. The van der Waals surface area contributed by atoms with Crippen LogP contribution in [0.5, 0.6) is 0 Å². The van der Waals surface area contributed by atoms with Crippen LogP contribution in [-0.4, -0.2) is 36.4 Å². The summed E-state index contributed by atoms with van der Waals surface area (Å²) >= 11 is 0. The second-order valence-electron chi connectivity index (χ2n) is 8.46. The van der Waals surface area contributed by atoms with Gasteiger partial charge in [0.25, 0.3) is 0 Å². The van der Waals surface area contributed by atoms with Crippen LogP contribution in [-0.2, 0) is 19.1 Å². The van der Waals surface area contributed by atoms with Crippen molar-refractivity contribution >= 4 is 11.9 Å². The molecule has 5 heteroatoms. The van der Waals surface area contributed by atoms with E-state index >= 15 is 0 Å². The number of cyclic esters (lactones) is 2. The molecule has 0 aromatic rings. The van der Waals surface area contributed by atoms with E-state index in [0.717, 1.165) is 36.8 Å². The van der Waals surface area contributed by atoms with Crippen LogP contribution >= 0.6 is 0 Å². The van der Waals surface area contributed by atoms with Gasteiger partial charge in [-0.1, -0.05) is 19.9 Å². The van der Waals surface area contributed by atoms with Gasteiger partial charge >= 0.3 is 11.9 Å². The van der Waals surface area contributed by atoms with Crippen molar-refractivity contribution in [2.45, 2.75) is 52.1 Å². The lowest BCUT2D eigenvalue weighted by atomic mass is 9.46. The molecule has 1 spiro atoms. The summed E-state index contributed by atoms with van der Waals surface area (Å²) in [6.45, 7) is 5.15. The third-order valence-corrected chi connectivity index (χ3v) is 7.38. The Morgan fingerprint density at radius 2 is 2.12 bits per heavy atom. The first-order valence-electron chi connectivity index (χ1n) is 9.29. The first-order chi connectivity index (χ1) is 11.9. The van der Waals surface area contributed by atoms with E-state index in [4.69, 9.17) is 9.47 Å². The number of aliphatic hydroxyl groups is 1. The maximum absolute atomic E-state index is 12.2. The summed E-state index contributed by atoms with van der Waals surface area (Å²) in [6, 6.07) is 0. The molecule has 5 atom stereocenters. The van der Waals surface area contributed by atoms with E-state index in [-0.39, 0.29) is 28.7 Å². The molecule has 2 aliphatic carbocycles. The van der Waals surface area contributed by atoms with Crippen molar-refractivity contribution in [1.29, 1.82) is 0 Å². The van der Waals surface area contributed by atoms with Gasteiger partial charge in [0.2, 0.25) is 0 Å². The third kappa shape index (κ3) is 2.39.